The molecule has 2 aromatic carbocycles. The highest BCUT2D eigenvalue weighted by Crippen LogP contribution is 2.42. The van der Waals surface area contributed by atoms with E-state index in [1.54, 1.807) is 0 Å². The van der Waals surface area contributed by atoms with E-state index in [-0.39, 0.29) is 17.4 Å². The molecule has 3 heterocycles. The standard InChI is InChI=1S/C25H30BrN3O/c1-17-11-19(18-5-3-2-4-6-18)9-10-29(17)24(30)23-14-28-16-25(23)15-27-13-20-12-21(26)7-8-22(20)25/h2-8,12,17,19,23,27-28H,9-11,13-16H2,1H3. The third kappa shape index (κ3) is 3.41. The maximum Gasteiger partial charge on any atom is 0.228 e. The number of hydrogen-bond acceptors (Lipinski definition) is 3. The Labute approximate surface area is 187 Å². The molecule has 4 unspecified atom stereocenters. The number of amides is 1. The van der Waals surface area contributed by atoms with Gasteiger partial charge in [-0.3, -0.25) is 4.79 Å². The van der Waals surface area contributed by atoms with Crippen LogP contribution in [0.5, 0.6) is 0 Å². The minimum absolute atomic E-state index is 0.0130. The quantitative estimate of drug-likeness (QED) is 0.705. The van der Waals surface area contributed by atoms with Crippen molar-refractivity contribution < 1.29 is 4.79 Å². The van der Waals surface area contributed by atoms with E-state index in [4.69, 9.17) is 0 Å². The van der Waals surface area contributed by atoms with Gasteiger partial charge in [0, 0.05) is 48.7 Å². The van der Waals surface area contributed by atoms with Crippen LogP contribution in [0.4, 0.5) is 0 Å². The molecule has 0 bridgehead atoms. The molecule has 3 aliphatic heterocycles. The molecule has 158 valence electrons. The molecule has 5 heteroatoms. The SMILES string of the molecule is CC1CC(c2ccccc2)CCN1C(=O)C1CNCC12CNCc1cc(Br)ccc12. The number of carbonyl (C=O) groups excluding carboxylic acids is 1. The van der Waals surface area contributed by atoms with Crippen LogP contribution in [0.3, 0.4) is 0 Å². The van der Waals surface area contributed by atoms with Crippen molar-refractivity contribution in [2.24, 2.45) is 5.92 Å². The second-order valence-electron chi connectivity index (χ2n) is 9.26. The van der Waals surface area contributed by atoms with Crippen LogP contribution in [0.2, 0.25) is 0 Å². The lowest BCUT2D eigenvalue weighted by Crippen LogP contribution is -2.55. The van der Waals surface area contributed by atoms with Gasteiger partial charge >= 0.3 is 0 Å². The Morgan fingerprint density at radius 3 is 2.73 bits per heavy atom. The highest BCUT2D eigenvalue weighted by Gasteiger charge is 2.51. The number of likely N-dealkylation sites (tertiary alicyclic amines) is 1. The monoisotopic (exact) mass is 467 g/mol. The van der Waals surface area contributed by atoms with Crippen molar-refractivity contribution in [3.8, 4) is 0 Å². The summed E-state index contributed by atoms with van der Waals surface area (Å²) in [6.45, 7) is 6.44. The second kappa shape index (κ2) is 8.10. The number of piperidine rings is 1. The predicted octanol–water partition coefficient (Wildman–Crippen LogP) is 3.80. The Balaban J connectivity index is 1.38. The van der Waals surface area contributed by atoms with E-state index in [2.05, 4.69) is 86.9 Å². The number of benzene rings is 2. The number of rotatable bonds is 2. The van der Waals surface area contributed by atoms with Crippen LogP contribution in [0, 0.1) is 5.92 Å². The second-order valence-corrected chi connectivity index (χ2v) is 10.2. The molecule has 3 aliphatic rings. The predicted molar refractivity (Wildman–Crippen MR) is 123 cm³/mol. The Morgan fingerprint density at radius 2 is 1.93 bits per heavy atom. The van der Waals surface area contributed by atoms with Crippen LogP contribution in [0.1, 0.15) is 42.4 Å². The lowest BCUT2D eigenvalue weighted by atomic mass is 9.68. The molecule has 2 N–H and O–H groups in total. The van der Waals surface area contributed by atoms with Gasteiger partial charge in [0.15, 0.2) is 0 Å². The van der Waals surface area contributed by atoms with Crippen molar-refractivity contribution in [3.05, 3.63) is 69.7 Å². The van der Waals surface area contributed by atoms with Gasteiger partial charge in [-0.15, -0.1) is 0 Å². The van der Waals surface area contributed by atoms with Crippen molar-refractivity contribution in [2.45, 2.75) is 43.7 Å². The van der Waals surface area contributed by atoms with Gasteiger partial charge in [-0.1, -0.05) is 52.3 Å². The highest BCUT2D eigenvalue weighted by atomic mass is 79.9. The van der Waals surface area contributed by atoms with Crippen molar-refractivity contribution >= 4 is 21.8 Å². The van der Waals surface area contributed by atoms with Gasteiger partial charge in [0.1, 0.15) is 0 Å². The summed E-state index contributed by atoms with van der Waals surface area (Å²) in [4.78, 5) is 16.0. The summed E-state index contributed by atoms with van der Waals surface area (Å²) in [6, 6.07) is 17.6. The fourth-order valence-corrected chi connectivity index (χ4v) is 6.40. The minimum Gasteiger partial charge on any atom is -0.340 e. The van der Waals surface area contributed by atoms with E-state index in [1.165, 1.54) is 16.7 Å². The zero-order chi connectivity index (χ0) is 20.7. The normalized spacial score (nSPS) is 31.0. The van der Waals surface area contributed by atoms with Gasteiger partial charge in [-0.25, -0.2) is 0 Å². The fraction of sp³-hybridized carbons (Fsp3) is 0.480. The maximum atomic E-state index is 13.9. The van der Waals surface area contributed by atoms with E-state index in [1.807, 2.05) is 0 Å². The van der Waals surface area contributed by atoms with Crippen molar-refractivity contribution in [3.63, 3.8) is 0 Å². The summed E-state index contributed by atoms with van der Waals surface area (Å²) in [7, 11) is 0. The number of halogens is 1. The number of nitrogens with zero attached hydrogens (tertiary/aromatic N) is 1. The van der Waals surface area contributed by atoms with Crippen LogP contribution >= 0.6 is 15.9 Å². The lowest BCUT2D eigenvalue weighted by Gasteiger charge is -2.44. The van der Waals surface area contributed by atoms with Crippen LogP contribution in [0.15, 0.2) is 53.0 Å². The Morgan fingerprint density at radius 1 is 1.13 bits per heavy atom. The van der Waals surface area contributed by atoms with Crippen LogP contribution < -0.4 is 10.6 Å². The summed E-state index contributed by atoms with van der Waals surface area (Å²) < 4.78 is 1.10. The average Bonchev–Trinajstić information content (AvgIpc) is 3.17. The molecule has 5 rings (SSSR count). The molecule has 0 aliphatic carbocycles. The molecule has 4 nitrogen and oxygen atoms in total. The first-order valence-corrected chi connectivity index (χ1v) is 11.9. The Kier molecular flexibility index (Phi) is 5.46. The van der Waals surface area contributed by atoms with E-state index >= 15 is 0 Å². The number of hydrogen-bond donors (Lipinski definition) is 2. The third-order valence-electron chi connectivity index (χ3n) is 7.54. The first-order chi connectivity index (χ1) is 14.6. The van der Waals surface area contributed by atoms with Crippen molar-refractivity contribution in [1.82, 2.24) is 15.5 Å². The van der Waals surface area contributed by atoms with E-state index < -0.39 is 0 Å². The molecule has 30 heavy (non-hydrogen) atoms. The van der Waals surface area contributed by atoms with Gasteiger partial charge < -0.3 is 15.5 Å². The zero-order valence-electron chi connectivity index (χ0n) is 17.5. The van der Waals surface area contributed by atoms with E-state index in [0.717, 1.165) is 50.0 Å². The largest absolute Gasteiger partial charge is 0.340 e. The van der Waals surface area contributed by atoms with Crippen LogP contribution in [0.25, 0.3) is 0 Å². The van der Waals surface area contributed by atoms with Crippen LogP contribution in [-0.2, 0) is 16.8 Å². The minimum atomic E-state index is -0.151. The fourth-order valence-electron chi connectivity index (χ4n) is 5.99. The molecular formula is C25H30BrN3O. The summed E-state index contributed by atoms with van der Waals surface area (Å²) in [6.07, 6.45) is 2.10. The van der Waals surface area contributed by atoms with Gasteiger partial charge in [-0.05, 0) is 54.5 Å². The first kappa shape index (κ1) is 20.2. The van der Waals surface area contributed by atoms with Gasteiger partial charge in [0.05, 0.1) is 5.92 Å². The molecule has 1 amide bonds. The summed E-state index contributed by atoms with van der Waals surface area (Å²) in [5.41, 5.74) is 3.92. The molecular weight excluding hydrogens is 438 g/mol. The Bertz CT molecular complexity index is 933. The topological polar surface area (TPSA) is 44.4 Å². The Hall–Kier alpha value is -1.69. The molecule has 2 saturated heterocycles. The average molecular weight is 468 g/mol. The highest BCUT2D eigenvalue weighted by molar-refractivity contribution is 9.10. The number of nitrogens with one attached hydrogen (secondary N) is 2. The maximum absolute atomic E-state index is 13.9. The molecule has 4 atom stereocenters. The zero-order valence-corrected chi connectivity index (χ0v) is 19.1. The van der Waals surface area contributed by atoms with Gasteiger partial charge in [0.2, 0.25) is 5.91 Å². The molecule has 0 saturated carbocycles. The number of fused-ring (bicyclic) bond motifs is 2. The summed E-state index contributed by atoms with van der Waals surface area (Å²) >= 11 is 3.61. The molecule has 2 fully saturated rings. The smallest absolute Gasteiger partial charge is 0.228 e. The molecule has 2 aromatic rings. The molecule has 1 spiro atoms. The van der Waals surface area contributed by atoms with E-state index in [9.17, 15) is 4.79 Å². The van der Waals surface area contributed by atoms with Gasteiger partial charge in [0.25, 0.3) is 0 Å². The third-order valence-corrected chi connectivity index (χ3v) is 8.04. The van der Waals surface area contributed by atoms with Crippen molar-refractivity contribution in [1.29, 1.82) is 0 Å². The summed E-state index contributed by atoms with van der Waals surface area (Å²) in [5, 5.41) is 7.16. The van der Waals surface area contributed by atoms with E-state index in [0.29, 0.717) is 11.8 Å². The summed E-state index contributed by atoms with van der Waals surface area (Å²) in [5.74, 6) is 0.868. The first-order valence-electron chi connectivity index (χ1n) is 11.1. The molecule has 0 aromatic heterocycles. The van der Waals surface area contributed by atoms with Crippen LogP contribution in [-0.4, -0.2) is 43.0 Å². The van der Waals surface area contributed by atoms with Gasteiger partial charge in [-0.2, -0.15) is 0 Å². The number of carbonyl (C=O) groups is 1. The molecule has 0 radical (unpaired) electrons. The lowest BCUT2D eigenvalue weighted by molar-refractivity contribution is -0.140. The van der Waals surface area contributed by atoms with Crippen molar-refractivity contribution in [2.75, 3.05) is 26.2 Å².